The second kappa shape index (κ2) is 9.04. The minimum atomic E-state index is -0.196. The molecule has 3 heterocycles. The summed E-state index contributed by atoms with van der Waals surface area (Å²) >= 11 is 0. The fourth-order valence-corrected chi connectivity index (χ4v) is 4.36. The summed E-state index contributed by atoms with van der Waals surface area (Å²) in [6.07, 6.45) is 8.43. The average molecular weight is 375 g/mol. The van der Waals surface area contributed by atoms with Crippen molar-refractivity contribution in [3.63, 3.8) is 0 Å². The molecule has 0 saturated carbocycles. The van der Waals surface area contributed by atoms with Gasteiger partial charge in [-0.25, -0.2) is 0 Å². The van der Waals surface area contributed by atoms with Crippen molar-refractivity contribution in [3.05, 3.63) is 35.4 Å². The Morgan fingerprint density at radius 1 is 0.889 bits per heavy atom. The van der Waals surface area contributed by atoms with Crippen LogP contribution in [0.1, 0.15) is 50.2 Å². The SMILES string of the molecule is CCC(O)CC(Cc1cccc(CC(CC2CO2)CC2CO2)c1)CC1CO1. The van der Waals surface area contributed by atoms with Crippen molar-refractivity contribution in [2.24, 2.45) is 11.8 Å². The highest BCUT2D eigenvalue weighted by atomic mass is 16.6. The van der Waals surface area contributed by atoms with Crippen LogP contribution in [-0.4, -0.2) is 49.3 Å². The van der Waals surface area contributed by atoms with Gasteiger partial charge in [0.1, 0.15) is 0 Å². The first-order valence-electron chi connectivity index (χ1n) is 10.8. The molecule has 0 bridgehead atoms. The van der Waals surface area contributed by atoms with Gasteiger partial charge in [-0.3, -0.25) is 0 Å². The minimum absolute atomic E-state index is 0.196. The molecule has 1 aromatic rings. The molecule has 5 unspecified atom stereocenters. The van der Waals surface area contributed by atoms with Gasteiger partial charge in [-0.2, -0.15) is 0 Å². The van der Waals surface area contributed by atoms with Crippen LogP contribution in [0, 0.1) is 11.8 Å². The van der Waals surface area contributed by atoms with Crippen LogP contribution in [0.25, 0.3) is 0 Å². The molecule has 3 fully saturated rings. The number of hydrogen-bond donors (Lipinski definition) is 1. The first kappa shape index (κ1) is 19.4. The molecule has 4 nitrogen and oxygen atoms in total. The van der Waals surface area contributed by atoms with Gasteiger partial charge in [0.15, 0.2) is 0 Å². The number of rotatable bonds is 13. The Morgan fingerprint density at radius 3 is 1.85 bits per heavy atom. The van der Waals surface area contributed by atoms with Crippen molar-refractivity contribution in [3.8, 4) is 0 Å². The smallest absolute Gasteiger partial charge is 0.0812 e. The molecule has 1 N–H and O–H groups in total. The second-order valence-electron chi connectivity index (χ2n) is 8.83. The number of benzene rings is 1. The van der Waals surface area contributed by atoms with Gasteiger partial charge in [0, 0.05) is 0 Å². The maximum atomic E-state index is 10.1. The van der Waals surface area contributed by atoms with E-state index in [0.29, 0.717) is 30.1 Å². The average Bonchev–Trinajstić information content (AvgIpc) is 3.48. The summed E-state index contributed by atoms with van der Waals surface area (Å²) in [5.41, 5.74) is 2.82. The molecule has 4 rings (SSSR count). The Morgan fingerprint density at radius 2 is 1.37 bits per heavy atom. The van der Waals surface area contributed by atoms with Crippen LogP contribution in [-0.2, 0) is 27.1 Å². The summed E-state index contributed by atoms with van der Waals surface area (Å²) in [5.74, 6) is 1.15. The first-order chi connectivity index (χ1) is 13.2. The normalized spacial score (nSPS) is 29.2. The Balaban J connectivity index is 1.35. The van der Waals surface area contributed by atoms with Gasteiger partial charge in [-0.15, -0.1) is 0 Å². The molecule has 0 spiro atoms. The van der Waals surface area contributed by atoms with E-state index in [1.54, 1.807) is 0 Å². The van der Waals surface area contributed by atoms with Crippen LogP contribution < -0.4 is 0 Å². The molecule has 0 radical (unpaired) electrons. The molecule has 0 amide bonds. The molecule has 0 aromatic heterocycles. The van der Waals surface area contributed by atoms with E-state index in [4.69, 9.17) is 14.2 Å². The van der Waals surface area contributed by atoms with E-state index in [1.165, 1.54) is 11.1 Å². The van der Waals surface area contributed by atoms with E-state index in [2.05, 4.69) is 31.2 Å². The Labute approximate surface area is 163 Å². The maximum absolute atomic E-state index is 10.1. The van der Waals surface area contributed by atoms with Crippen LogP contribution >= 0.6 is 0 Å². The van der Waals surface area contributed by atoms with Crippen LogP contribution in [0.4, 0.5) is 0 Å². The molecular formula is C23H34O4. The van der Waals surface area contributed by atoms with E-state index in [9.17, 15) is 5.11 Å². The van der Waals surface area contributed by atoms with E-state index < -0.39 is 0 Å². The topological polar surface area (TPSA) is 57.8 Å². The fourth-order valence-electron chi connectivity index (χ4n) is 4.36. The highest BCUT2D eigenvalue weighted by Gasteiger charge is 2.32. The lowest BCUT2D eigenvalue weighted by Crippen LogP contribution is -2.17. The molecular weight excluding hydrogens is 340 g/mol. The Bertz CT molecular complexity index is 578. The number of hydrogen-bond acceptors (Lipinski definition) is 4. The third kappa shape index (κ3) is 6.86. The zero-order chi connectivity index (χ0) is 18.6. The lowest BCUT2D eigenvalue weighted by atomic mass is 9.87. The van der Waals surface area contributed by atoms with Crippen molar-refractivity contribution < 1.29 is 19.3 Å². The number of aliphatic hydroxyl groups is 1. The van der Waals surface area contributed by atoms with Crippen molar-refractivity contribution in [1.82, 2.24) is 0 Å². The number of aliphatic hydroxyl groups excluding tert-OH is 1. The lowest BCUT2D eigenvalue weighted by Gasteiger charge is -2.20. The van der Waals surface area contributed by atoms with E-state index >= 15 is 0 Å². The highest BCUT2D eigenvalue weighted by molar-refractivity contribution is 5.24. The summed E-state index contributed by atoms with van der Waals surface area (Å²) in [6.45, 7) is 4.83. The zero-order valence-corrected chi connectivity index (χ0v) is 16.5. The maximum Gasteiger partial charge on any atom is 0.0812 e. The van der Waals surface area contributed by atoms with E-state index in [1.807, 2.05) is 0 Å². The van der Waals surface area contributed by atoms with Crippen molar-refractivity contribution in [1.29, 1.82) is 0 Å². The van der Waals surface area contributed by atoms with Gasteiger partial charge in [0.05, 0.1) is 44.2 Å². The van der Waals surface area contributed by atoms with Gasteiger partial charge >= 0.3 is 0 Å². The third-order valence-electron chi connectivity index (χ3n) is 6.11. The predicted molar refractivity (Wildman–Crippen MR) is 105 cm³/mol. The minimum Gasteiger partial charge on any atom is -0.393 e. The first-order valence-corrected chi connectivity index (χ1v) is 10.8. The van der Waals surface area contributed by atoms with Gasteiger partial charge in [-0.05, 0) is 67.9 Å². The number of ether oxygens (including phenoxy) is 3. The molecule has 27 heavy (non-hydrogen) atoms. The summed E-state index contributed by atoms with van der Waals surface area (Å²) < 4.78 is 16.4. The highest BCUT2D eigenvalue weighted by Crippen LogP contribution is 2.31. The van der Waals surface area contributed by atoms with Gasteiger partial charge in [-0.1, -0.05) is 31.2 Å². The molecule has 3 aliphatic rings. The molecule has 5 atom stereocenters. The van der Waals surface area contributed by atoms with E-state index in [0.717, 1.165) is 64.8 Å². The van der Waals surface area contributed by atoms with Crippen LogP contribution in [0.2, 0.25) is 0 Å². The van der Waals surface area contributed by atoms with Crippen LogP contribution in [0.15, 0.2) is 24.3 Å². The van der Waals surface area contributed by atoms with Crippen molar-refractivity contribution in [2.75, 3.05) is 19.8 Å². The predicted octanol–water partition coefficient (Wildman–Crippen LogP) is 3.53. The standard InChI is InChI=1S/C23H34O4/c1-2-20(24)9-18(10-21-13-25-21)7-16-4-3-5-17(6-16)8-19(11-22-14-26-22)12-23-15-27-23/h3-6,18-24H,2,7-15H2,1H3. The summed E-state index contributed by atoms with van der Waals surface area (Å²) in [4.78, 5) is 0. The zero-order valence-electron chi connectivity index (χ0n) is 16.5. The summed E-state index contributed by atoms with van der Waals surface area (Å²) in [5, 5.41) is 10.1. The Hall–Kier alpha value is -0.940. The quantitative estimate of drug-likeness (QED) is 0.537. The van der Waals surface area contributed by atoms with Crippen molar-refractivity contribution in [2.45, 2.75) is 76.3 Å². The molecule has 150 valence electrons. The number of epoxide rings is 3. The van der Waals surface area contributed by atoms with Crippen LogP contribution in [0.5, 0.6) is 0 Å². The molecule has 3 saturated heterocycles. The fraction of sp³-hybridized carbons (Fsp3) is 0.739. The monoisotopic (exact) mass is 374 g/mol. The van der Waals surface area contributed by atoms with Crippen molar-refractivity contribution >= 4 is 0 Å². The van der Waals surface area contributed by atoms with E-state index in [-0.39, 0.29) is 6.10 Å². The summed E-state index contributed by atoms with van der Waals surface area (Å²) in [7, 11) is 0. The van der Waals surface area contributed by atoms with Crippen LogP contribution in [0.3, 0.4) is 0 Å². The molecule has 0 aliphatic carbocycles. The van der Waals surface area contributed by atoms with Gasteiger partial charge in [0.25, 0.3) is 0 Å². The summed E-state index contributed by atoms with van der Waals surface area (Å²) in [6, 6.07) is 9.08. The van der Waals surface area contributed by atoms with Gasteiger partial charge in [0.2, 0.25) is 0 Å². The molecule has 3 aliphatic heterocycles. The molecule has 4 heteroatoms. The van der Waals surface area contributed by atoms with Gasteiger partial charge < -0.3 is 19.3 Å². The molecule has 1 aromatic carbocycles. The third-order valence-corrected chi connectivity index (χ3v) is 6.11. The second-order valence-corrected chi connectivity index (χ2v) is 8.83. The largest absolute Gasteiger partial charge is 0.393 e. The Kier molecular flexibility index (Phi) is 6.49. The lowest BCUT2D eigenvalue weighted by molar-refractivity contribution is 0.132.